The first-order chi connectivity index (χ1) is 15.0. The van der Waals surface area contributed by atoms with E-state index in [0.29, 0.717) is 36.0 Å². The number of anilines is 3. The molecule has 2 aromatic carbocycles. The minimum Gasteiger partial charge on any atom is -0.490 e. The highest BCUT2D eigenvalue weighted by Crippen LogP contribution is 2.37. The molecule has 1 amide bonds. The van der Waals surface area contributed by atoms with Gasteiger partial charge < -0.3 is 20.3 Å². The number of hydrogen-bond donors (Lipinski definition) is 2. The van der Waals surface area contributed by atoms with Crippen molar-refractivity contribution in [3.05, 3.63) is 59.5 Å². The molecule has 0 fully saturated rings. The molecule has 31 heavy (non-hydrogen) atoms. The molecule has 2 aliphatic rings. The average Bonchev–Trinajstić information content (AvgIpc) is 3.14. The summed E-state index contributed by atoms with van der Waals surface area (Å²) < 4.78 is 20.4. The molecule has 0 saturated carbocycles. The quantitative estimate of drug-likeness (QED) is 0.668. The number of hydrogen-bond acceptors (Lipinski definition) is 6. The number of nitrogens with zero attached hydrogens (tertiary/aromatic N) is 3. The lowest BCUT2D eigenvalue weighted by atomic mass is 10.1. The molecule has 5 rings (SSSR count). The minimum atomic E-state index is -0.508. The standard InChI is InChI=1S/C23H22FN5O2/c1-13(2)29-7-8-31-20-6-4-14(9-19(20)29)21-18(24)12-26-23(28-21)27-16-5-3-15-11-25-22(30)17(15)10-16/h3-6,9-10,12-13H,7-8,11H2,1-2H3,(H,25,30)(H,26,27,28). The normalized spacial score (nSPS) is 14.7. The number of ether oxygens (including phenoxy) is 1. The number of carbonyl (C=O) groups is 1. The second-order valence-electron chi connectivity index (χ2n) is 7.89. The van der Waals surface area contributed by atoms with E-state index in [1.807, 2.05) is 24.3 Å². The van der Waals surface area contributed by atoms with Crippen LogP contribution in [0.1, 0.15) is 29.8 Å². The second kappa shape index (κ2) is 7.54. The number of carbonyl (C=O) groups excluding carboxylic acids is 1. The zero-order valence-corrected chi connectivity index (χ0v) is 17.3. The second-order valence-corrected chi connectivity index (χ2v) is 7.89. The zero-order valence-electron chi connectivity index (χ0n) is 17.3. The fourth-order valence-corrected chi connectivity index (χ4v) is 3.97. The van der Waals surface area contributed by atoms with Crippen LogP contribution in [0.25, 0.3) is 11.3 Å². The number of nitrogens with one attached hydrogen (secondary N) is 2. The molecule has 0 atom stereocenters. The van der Waals surface area contributed by atoms with Gasteiger partial charge in [-0.15, -0.1) is 0 Å². The number of benzene rings is 2. The van der Waals surface area contributed by atoms with Crippen LogP contribution in [0.4, 0.5) is 21.7 Å². The van der Waals surface area contributed by atoms with Crippen molar-refractivity contribution in [3.8, 4) is 17.0 Å². The molecular formula is C23H22FN5O2. The molecule has 0 spiro atoms. The van der Waals surface area contributed by atoms with E-state index in [9.17, 15) is 9.18 Å². The Labute approximate surface area is 179 Å². The van der Waals surface area contributed by atoms with Gasteiger partial charge in [-0.25, -0.2) is 14.4 Å². The monoisotopic (exact) mass is 419 g/mol. The Morgan fingerprint density at radius 2 is 2.10 bits per heavy atom. The van der Waals surface area contributed by atoms with E-state index in [0.717, 1.165) is 29.7 Å². The SMILES string of the molecule is CC(C)N1CCOc2ccc(-c3nc(Nc4ccc5c(c4)C(=O)NC5)ncc3F)cc21. The lowest BCUT2D eigenvalue weighted by molar-refractivity contribution is 0.0966. The van der Waals surface area contributed by atoms with Gasteiger partial charge >= 0.3 is 0 Å². The van der Waals surface area contributed by atoms with Crippen LogP contribution < -0.4 is 20.3 Å². The minimum absolute atomic E-state index is 0.106. The summed E-state index contributed by atoms with van der Waals surface area (Å²) >= 11 is 0. The van der Waals surface area contributed by atoms with Crippen LogP contribution in [0.2, 0.25) is 0 Å². The summed E-state index contributed by atoms with van der Waals surface area (Å²) in [5.41, 5.74) is 4.01. The third-order valence-corrected chi connectivity index (χ3v) is 5.55. The van der Waals surface area contributed by atoms with Crippen LogP contribution in [-0.4, -0.2) is 35.1 Å². The van der Waals surface area contributed by atoms with Gasteiger partial charge in [0.2, 0.25) is 5.95 Å². The van der Waals surface area contributed by atoms with E-state index in [2.05, 4.69) is 39.3 Å². The molecule has 3 aromatic rings. The Kier molecular flexibility index (Phi) is 4.69. The molecule has 0 aliphatic carbocycles. The Morgan fingerprint density at radius 3 is 2.94 bits per heavy atom. The smallest absolute Gasteiger partial charge is 0.251 e. The fourth-order valence-electron chi connectivity index (χ4n) is 3.97. The summed E-state index contributed by atoms with van der Waals surface area (Å²) in [5.74, 6) is 0.425. The summed E-state index contributed by atoms with van der Waals surface area (Å²) in [6, 6.07) is 11.3. The molecule has 8 heteroatoms. The van der Waals surface area contributed by atoms with Crippen molar-refractivity contribution in [1.82, 2.24) is 15.3 Å². The van der Waals surface area contributed by atoms with Crippen LogP contribution >= 0.6 is 0 Å². The molecule has 0 bridgehead atoms. The first kappa shape index (κ1) is 19.3. The summed E-state index contributed by atoms with van der Waals surface area (Å²) in [4.78, 5) is 22.6. The van der Waals surface area contributed by atoms with Crippen LogP contribution in [0.15, 0.2) is 42.6 Å². The molecule has 0 radical (unpaired) electrons. The summed E-state index contributed by atoms with van der Waals surface area (Å²) in [5, 5.41) is 5.87. The number of aromatic nitrogens is 2. The van der Waals surface area contributed by atoms with E-state index in [1.165, 1.54) is 0 Å². The average molecular weight is 419 g/mol. The van der Waals surface area contributed by atoms with Crippen LogP contribution in [-0.2, 0) is 6.54 Å². The van der Waals surface area contributed by atoms with Gasteiger partial charge in [0, 0.05) is 29.4 Å². The molecule has 2 aliphatic heterocycles. The fraction of sp³-hybridized carbons (Fsp3) is 0.261. The maximum Gasteiger partial charge on any atom is 0.251 e. The van der Waals surface area contributed by atoms with Crippen LogP contribution in [0.5, 0.6) is 5.75 Å². The number of rotatable bonds is 4. The highest BCUT2D eigenvalue weighted by Gasteiger charge is 2.22. The topological polar surface area (TPSA) is 79.4 Å². The third kappa shape index (κ3) is 3.54. The van der Waals surface area contributed by atoms with Crippen LogP contribution in [0.3, 0.4) is 0 Å². The molecular weight excluding hydrogens is 397 g/mol. The van der Waals surface area contributed by atoms with Gasteiger partial charge in [-0.05, 0) is 49.7 Å². The van der Waals surface area contributed by atoms with Gasteiger partial charge in [0.25, 0.3) is 5.91 Å². The zero-order chi connectivity index (χ0) is 21.5. The van der Waals surface area contributed by atoms with Gasteiger partial charge in [0.1, 0.15) is 18.1 Å². The lowest BCUT2D eigenvalue weighted by Crippen LogP contribution is -2.37. The summed E-state index contributed by atoms with van der Waals surface area (Å²) in [7, 11) is 0. The maximum absolute atomic E-state index is 14.7. The molecule has 0 saturated heterocycles. The summed E-state index contributed by atoms with van der Waals surface area (Å²) in [6.45, 7) is 6.16. The van der Waals surface area contributed by atoms with E-state index in [4.69, 9.17) is 4.74 Å². The maximum atomic E-state index is 14.7. The number of halogens is 1. The first-order valence-corrected chi connectivity index (χ1v) is 10.2. The lowest BCUT2D eigenvalue weighted by Gasteiger charge is -2.34. The van der Waals surface area contributed by atoms with E-state index >= 15 is 0 Å². The number of amides is 1. The van der Waals surface area contributed by atoms with Crippen LogP contribution in [0, 0.1) is 5.82 Å². The van der Waals surface area contributed by atoms with Gasteiger partial charge in [0.15, 0.2) is 5.82 Å². The van der Waals surface area contributed by atoms with Crippen molar-refractivity contribution in [2.24, 2.45) is 0 Å². The van der Waals surface area contributed by atoms with Crippen molar-refractivity contribution in [2.75, 3.05) is 23.4 Å². The van der Waals surface area contributed by atoms with Gasteiger partial charge in [-0.1, -0.05) is 6.07 Å². The highest BCUT2D eigenvalue weighted by molar-refractivity contribution is 5.99. The Bertz CT molecular complexity index is 1180. The summed E-state index contributed by atoms with van der Waals surface area (Å²) in [6.07, 6.45) is 1.15. The van der Waals surface area contributed by atoms with Crippen molar-refractivity contribution in [3.63, 3.8) is 0 Å². The molecule has 0 unspecified atom stereocenters. The van der Waals surface area contributed by atoms with E-state index in [1.54, 1.807) is 12.1 Å². The van der Waals surface area contributed by atoms with Crippen molar-refractivity contribution < 1.29 is 13.9 Å². The molecule has 2 N–H and O–H groups in total. The Hall–Kier alpha value is -3.68. The van der Waals surface area contributed by atoms with E-state index in [-0.39, 0.29) is 17.5 Å². The highest BCUT2D eigenvalue weighted by atomic mass is 19.1. The molecule has 158 valence electrons. The predicted molar refractivity (Wildman–Crippen MR) is 116 cm³/mol. The van der Waals surface area contributed by atoms with Crippen molar-refractivity contribution >= 4 is 23.2 Å². The Morgan fingerprint density at radius 1 is 1.23 bits per heavy atom. The van der Waals surface area contributed by atoms with Crippen molar-refractivity contribution in [2.45, 2.75) is 26.4 Å². The molecule has 1 aromatic heterocycles. The van der Waals surface area contributed by atoms with Crippen molar-refractivity contribution in [1.29, 1.82) is 0 Å². The van der Waals surface area contributed by atoms with Gasteiger partial charge in [-0.2, -0.15) is 0 Å². The molecule has 3 heterocycles. The van der Waals surface area contributed by atoms with Gasteiger partial charge in [0.05, 0.1) is 18.4 Å². The van der Waals surface area contributed by atoms with Gasteiger partial charge in [-0.3, -0.25) is 4.79 Å². The Balaban J connectivity index is 1.48. The number of fused-ring (bicyclic) bond motifs is 2. The third-order valence-electron chi connectivity index (χ3n) is 5.55. The molecule has 7 nitrogen and oxygen atoms in total. The first-order valence-electron chi connectivity index (χ1n) is 10.2. The van der Waals surface area contributed by atoms with E-state index < -0.39 is 5.82 Å². The largest absolute Gasteiger partial charge is 0.490 e. The predicted octanol–water partition coefficient (Wildman–Crippen LogP) is 3.88.